The number of aliphatic hydroxyl groups excluding tert-OH is 1. The summed E-state index contributed by atoms with van der Waals surface area (Å²) >= 11 is 1.51. The summed E-state index contributed by atoms with van der Waals surface area (Å²) in [7, 11) is 1.39. The monoisotopic (exact) mass is 362 g/mol. The number of hydrogen-bond acceptors (Lipinski definition) is 8. The van der Waals surface area contributed by atoms with Crippen LogP contribution in [0.3, 0.4) is 0 Å². The maximum absolute atomic E-state index is 12.2. The zero-order valence-corrected chi connectivity index (χ0v) is 15.0. The number of thiazole rings is 1. The van der Waals surface area contributed by atoms with Crippen LogP contribution in [0.5, 0.6) is 0 Å². The van der Waals surface area contributed by atoms with E-state index < -0.39 is 0 Å². The van der Waals surface area contributed by atoms with E-state index in [-0.39, 0.29) is 25.2 Å². The zero-order chi connectivity index (χ0) is 17.4. The van der Waals surface area contributed by atoms with E-state index in [0.29, 0.717) is 23.4 Å². The first-order valence-corrected chi connectivity index (χ1v) is 9.39. The van der Waals surface area contributed by atoms with Crippen molar-refractivity contribution in [3.63, 3.8) is 0 Å². The molecule has 0 radical (unpaired) electrons. The fourth-order valence-electron chi connectivity index (χ4n) is 3.78. The first-order chi connectivity index (χ1) is 12.1. The molecule has 1 aromatic rings. The minimum Gasteiger partial charge on any atom is -0.466 e. The Morgan fingerprint density at radius 3 is 3.04 bits per heavy atom. The standard InChI is InChI=1S/C17H22N4O3S/c1-24-16(23)12-7-19-14(15-18-4-5-25-15)20-13(12)8-21-10-17(2-3-17)6-11(21)9-22/h4-5,11,22H,2-3,6-10H2,1H3,(H,19,20). The van der Waals surface area contributed by atoms with Gasteiger partial charge in [0, 0.05) is 36.4 Å². The number of esters is 1. The fourth-order valence-corrected chi connectivity index (χ4v) is 4.38. The summed E-state index contributed by atoms with van der Waals surface area (Å²) in [6.45, 7) is 1.99. The first-order valence-electron chi connectivity index (χ1n) is 8.51. The van der Waals surface area contributed by atoms with Crippen LogP contribution in [0.1, 0.15) is 24.3 Å². The number of aliphatic hydroxyl groups is 1. The van der Waals surface area contributed by atoms with Crippen LogP contribution in [-0.2, 0) is 9.53 Å². The van der Waals surface area contributed by atoms with E-state index in [4.69, 9.17) is 4.74 Å². The summed E-state index contributed by atoms with van der Waals surface area (Å²) in [5, 5.41) is 15.7. The molecule has 2 aliphatic heterocycles. The molecule has 1 spiro atoms. The minimum absolute atomic E-state index is 0.149. The number of ether oxygens (including phenoxy) is 1. The number of aromatic nitrogens is 1. The highest BCUT2D eigenvalue weighted by molar-refractivity contribution is 7.11. The Balaban J connectivity index is 1.56. The highest BCUT2D eigenvalue weighted by atomic mass is 32.1. The van der Waals surface area contributed by atoms with Gasteiger partial charge in [0.2, 0.25) is 0 Å². The summed E-state index contributed by atoms with van der Waals surface area (Å²) in [6, 6.07) is 0.151. The van der Waals surface area contributed by atoms with Gasteiger partial charge in [-0.1, -0.05) is 0 Å². The van der Waals surface area contributed by atoms with Gasteiger partial charge in [-0.15, -0.1) is 11.3 Å². The zero-order valence-electron chi connectivity index (χ0n) is 14.2. The van der Waals surface area contributed by atoms with E-state index in [0.717, 1.165) is 23.7 Å². The summed E-state index contributed by atoms with van der Waals surface area (Å²) in [5.74, 6) is 0.337. The highest BCUT2D eigenvalue weighted by Crippen LogP contribution is 2.54. The van der Waals surface area contributed by atoms with Crippen LogP contribution < -0.4 is 5.32 Å². The fraction of sp³-hybridized carbons (Fsp3) is 0.588. The van der Waals surface area contributed by atoms with Gasteiger partial charge in [0.05, 0.1) is 25.8 Å². The molecule has 134 valence electrons. The molecule has 1 aliphatic carbocycles. The number of amidine groups is 1. The van der Waals surface area contributed by atoms with E-state index in [9.17, 15) is 9.90 Å². The average Bonchev–Trinajstić information content (AvgIpc) is 3.04. The number of nitrogens with one attached hydrogen (secondary N) is 1. The Labute approximate surface area is 150 Å². The second kappa shape index (κ2) is 6.51. The van der Waals surface area contributed by atoms with Crippen LogP contribution in [-0.4, -0.2) is 66.2 Å². The molecule has 1 unspecified atom stereocenters. The van der Waals surface area contributed by atoms with E-state index in [1.807, 2.05) is 5.38 Å². The third-order valence-corrected chi connectivity index (χ3v) is 6.13. The smallest absolute Gasteiger partial charge is 0.337 e. The second-order valence-corrected chi connectivity index (χ2v) is 7.92. The van der Waals surface area contributed by atoms with E-state index in [1.54, 1.807) is 6.20 Å². The van der Waals surface area contributed by atoms with Crippen molar-refractivity contribution in [2.75, 3.05) is 33.4 Å². The van der Waals surface area contributed by atoms with Crippen molar-refractivity contribution in [1.29, 1.82) is 0 Å². The summed E-state index contributed by atoms with van der Waals surface area (Å²) in [5.41, 5.74) is 1.75. The maximum Gasteiger partial charge on any atom is 0.337 e. The van der Waals surface area contributed by atoms with Crippen LogP contribution in [0, 0.1) is 5.41 Å². The molecule has 0 amide bonds. The lowest BCUT2D eigenvalue weighted by Gasteiger charge is -2.27. The van der Waals surface area contributed by atoms with Gasteiger partial charge in [-0.05, 0) is 24.7 Å². The number of likely N-dealkylation sites (tertiary alicyclic amines) is 1. The van der Waals surface area contributed by atoms with Crippen molar-refractivity contribution in [1.82, 2.24) is 15.2 Å². The van der Waals surface area contributed by atoms with Crippen LogP contribution in [0.25, 0.3) is 0 Å². The molecule has 7 nitrogen and oxygen atoms in total. The van der Waals surface area contributed by atoms with Crippen molar-refractivity contribution < 1.29 is 14.6 Å². The number of carbonyl (C=O) groups excluding carboxylic acids is 1. The molecule has 3 aliphatic rings. The Bertz CT molecular complexity index is 724. The van der Waals surface area contributed by atoms with E-state index in [2.05, 4.69) is 20.2 Å². The van der Waals surface area contributed by atoms with Gasteiger partial charge >= 0.3 is 5.97 Å². The molecule has 8 heteroatoms. The Hall–Kier alpha value is -1.77. The quantitative estimate of drug-likeness (QED) is 0.753. The van der Waals surface area contributed by atoms with Gasteiger partial charge < -0.3 is 15.2 Å². The molecular formula is C17H22N4O3S. The normalized spacial score (nSPS) is 25.0. The predicted octanol–water partition coefficient (Wildman–Crippen LogP) is 0.767. The molecule has 0 aromatic carbocycles. The van der Waals surface area contributed by atoms with Gasteiger partial charge in [-0.2, -0.15) is 0 Å². The van der Waals surface area contributed by atoms with Gasteiger partial charge in [0.1, 0.15) is 0 Å². The number of carbonyl (C=O) groups is 1. The molecule has 1 atom stereocenters. The molecular weight excluding hydrogens is 340 g/mol. The van der Waals surface area contributed by atoms with Gasteiger partial charge in [0.25, 0.3) is 0 Å². The Morgan fingerprint density at radius 2 is 2.40 bits per heavy atom. The Morgan fingerprint density at radius 1 is 1.56 bits per heavy atom. The SMILES string of the molecule is COC(=O)C1=C(CN2CC3(CC3)CC2CO)NC(c2nccs2)=NC1. The number of methoxy groups -OCH3 is 1. The summed E-state index contributed by atoms with van der Waals surface area (Å²) in [6.07, 6.45) is 5.25. The number of nitrogens with zero attached hydrogens (tertiary/aromatic N) is 3. The number of rotatable bonds is 5. The summed E-state index contributed by atoms with van der Waals surface area (Å²) in [4.78, 5) is 23.2. The van der Waals surface area contributed by atoms with Crippen molar-refractivity contribution >= 4 is 23.1 Å². The third kappa shape index (κ3) is 3.21. The lowest BCUT2D eigenvalue weighted by Crippen LogP contribution is -2.41. The minimum atomic E-state index is -0.356. The molecule has 0 bridgehead atoms. The molecule has 25 heavy (non-hydrogen) atoms. The van der Waals surface area contributed by atoms with Crippen LogP contribution in [0.2, 0.25) is 0 Å². The Kier molecular flexibility index (Phi) is 4.35. The number of hydrogen-bond donors (Lipinski definition) is 2. The lowest BCUT2D eigenvalue weighted by molar-refractivity contribution is -0.136. The lowest BCUT2D eigenvalue weighted by atomic mass is 10.0. The molecule has 4 rings (SSSR count). The maximum atomic E-state index is 12.2. The average molecular weight is 362 g/mol. The topological polar surface area (TPSA) is 87.0 Å². The van der Waals surface area contributed by atoms with Gasteiger partial charge in [-0.3, -0.25) is 9.89 Å². The van der Waals surface area contributed by atoms with Gasteiger partial charge in [-0.25, -0.2) is 9.78 Å². The third-order valence-electron chi connectivity index (χ3n) is 5.35. The molecule has 1 aromatic heterocycles. The van der Waals surface area contributed by atoms with Crippen LogP contribution in [0.4, 0.5) is 0 Å². The highest BCUT2D eigenvalue weighted by Gasteiger charge is 2.51. The van der Waals surface area contributed by atoms with Crippen molar-refractivity contribution in [3.05, 3.63) is 27.9 Å². The van der Waals surface area contributed by atoms with Crippen molar-refractivity contribution in [3.8, 4) is 0 Å². The van der Waals surface area contributed by atoms with Crippen molar-refractivity contribution in [2.24, 2.45) is 10.4 Å². The second-order valence-electron chi connectivity index (χ2n) is 7.02. The predicted molar refractivity (Wildman–Crippen MR) is 94.4 cm³/mol. The van der Waals surface area contributed by atoms with E-state index >= 15 is 0 Å². The van der Waals surface area contributed by atoms with Gasteiger partial charge in [0.15, 0.2) is 10.8 Å². The largest absolute Gasteiger partial charge is 0.466 e. The first kappa shape index (κ1) is 16.7. The van der Waals surface area contributed by atoms with Crippen LogP contribution in [0.15, 0.2) is 27.8 Å². The molecule has 1 saturated heterocycles. The van der Waals surface area contributed by atoms with E-state index in [1.165, 1.54) is 31.3 Å². The molecule has 3 heterocycles. The summed E-state index contributed by atoms with van der Waals surface area (Å²) < 4.78 is 4.93. The molecule has 2 fully saturated rings. The number of aliphatic imine (C=N–C) groups is 1. The van der Waals surface area contributed by atoms with Crippen molar-refractivity contribution in [2.45, 2.75) is 25.3 Å². The molecule has 2 N–H and O–H groups in total. The molecule has 1 saturated carbocycles. The van der Waals surface area contributed by atoms with Crippen LogP contribution >= 0.6 is 11.3 Å².